The molecule has 3 heteroatoms. The van der Waals surface area contributed by atoms with Crippen LogP contribution in [0.25, 0.3) is 0 Å². The minimum absolute atomic E-state index is 0.512. The smallest absolute Gasteiger partial charge is 0.0493 e. The molecule has 1 heterocycles. The Bertz CT molecular complexity index is 229. The number of hydrogen-bond donors (Lipinski definition) is 2. The second kappa shape index (κ2) is 5.83. The topological polar surface area (TPSA) is 31.1 Å². The highest BCUT2D eigenvalue weighted by Gasteiger charge is 2.13. The molecule has 1 aromatic rings. The second-order valence-corrected chi connectivity index (χ2v) is 3.85. The highest BCUT2D eigenvalue weighted by Crippen LogP contribution is 2.21. The van der Waals surface area contributed by atoms with Crippen LogP contribution in [-0.2, 0) is 0 Å². The van der Waals surface area contributed by atoms with E-state index < -0.39 is 0 Å². The van der Waals surface area contributed by atoms with Crippen LogP contribution in [0.5, 0.6) is 0 Å². The normalized spacial score (nSPS) is 13.4. The number of aromatic amines is 1. The lowest BCUT2D eigenvalue weighted by atomic mass is 10.1. The summed E-state index contributed by atoms with van der Waals surface area (Å²) in [5.74, 6) is 0. The quantitative estimate of drug-likeness (QED) is 0.676. The molecule has 0 aliphatic carbocycles. The van der Waals surface area contributed by atoms with Crippen LogP contribution in [0.3, 0.4) is 0 Å². The van der Waals surface area contributed by atoms with Crippen LogP contribution < -0.4 is 5.32 Å². The first-order valence-corrected chi connectivity index (χ1v) is 5.20. The van der Waals surface area contributed by atoms with E-state index in [1.807, 2.05) is 13.2 Å². The van der Waals surface area contributed by atoms with E-state index in [4.69, 9.17) is 0 Å². The van der Waals surface area contributed by atoms with Gasteiger partial charge in [-0.25, -0.2) is 0 Å². The molecule has 0 saturated carbocycles. The number of rotatable bonds is 6. The summed E-state index contributed by atoms with van der Waals surface area (Å²) >= 11 is 0. The van der Waals surface area contributed by atoms with Gasteiger partial charge in [0, 0.05) is 17.9 Å². The molecule has 1 aromatic heterocycles. The molecule has 0 fully saturated rings. The van der Waals surface area contributed by atoms with E-state index in [1.54, 1.807) is 0 Å². The molecule has 1 rings (SSSR count). The molecule has 1 atom stereocenters. The molecule has 0 amide bonds. The van der Waals surface area contributed by atoms with Gasteiger partial charge >= 0.3 is 0 Å². The fraction of sp³-hybridized carbons (Fsp3) is 0.636. The molecular formula is C11H21N3. The fourth-order valence-electron chi connectivity index (χ4n) is 1.72. The molecule has 0 saturated heterocycles. The van der Waals surface area contributed by atoms with E-state index in [0.717, 1.165) is 6.54 Å². The number of nitrogens with zero attached hydrogens (tertiary/aromatic N) is 1. The van der Waals surface area contributed by atoms with E-state index in [0.29, 0.717) is 6.04 Å². The highest BCUT2D eigenvalue weighted by molar-refractivity contribution is 5.08. The van der Waals surface area contributed by atoms with Gasteiger partial charge < -0.3 is 15.2 Å². The molecule has 0 aliphatic rings. The Morgan fingerprint density at radius 1 is 1.50 bits per heavy atom. The number of hydrogen-bond acceptors (Lipinski definition) is 2. The Balaban J connectivity index is 2.48. The third kappa shape index (κ3) is 3.16. The molecular weight excluding hydrogens is 174 g/mol. The van der Waals surface area contributed by atoms with Gasteiger partial charge in [-0.3, -0.25) is 0 Å². The van der Waals surface area contributed by atoms with E-state index in [1.165, 1.54) is 18.5 Å². The lowest BCUT2D eigenvalue weighted by Crippen LogP contribution is -2.21. The zero-order chi connectivity index (χ0) is 10.4. The van der Waals surface area contributed by atoms with Gasteiger partial charge in [-0.2, -0.15) is 0 Å². The summed E-state index contributed by atoms with van der Waals surface area (Å²) in [5.41, 5.74) is 1.31. The summed E-state index contributed by atoms with van der Waals surface area (Å²) in [6, 6.07) is 4.73. The first kappa shape index (κ1) is 11.3. The Labute approximate surface area is 86.5 Å². The molecule has 0 aromatic carbocycles. The highest BCUT2D eigenvalue weighted by atomic mass is 15.1. The summed E-state index contributed by atoms with van der Waals surface area (Å²) in [5, 5.41) is 3.18. The van der Waals surface area contributed by atoms with Gasteiger partial charge in [-0.15, -0.1) is 0 Å². The van der Waals surface area contributed by atoms with Gasteiger partial charge in [0.25, 0.3) is 0 Å². The van der Waals surface area contributed by atoms with Gasteiger partial charge in [-0.05, 0) is 52.7 Å². The van der Waals surface area contributed by atoms with E-state index in [-0.39, 0.29) is 0 Å². The molecule has 3 nitrogen and oxygen atoms in total. The van der Waals surface area contributed by atoms with Crippen LogP contribution in [0.4, 0.5) is 0 Å². The summed E-state index contributed by atoms with van der Waals surface area (Å²) in [6.45, 7) is 1.09. The van der Waals surface area contributed by atoms with Crippen molar-refractivity contribution in [1.82, 2.24) is 15.2 Å². The number of nitrogens with one attached hydrogen (secondary N) is 2. The molecule has 0 aliphatic heterocycles. The lowest BCUT2D eigenvalue weighted by molar-refractivity contribution is 0.274. The lowest BCUT2D eigenvalue weighted by Gasteiger charge is -2.23. The van der Waals surface area contributed by atoms with Gasteiger partial charge in [-0.1, -0.05) is 0 Å². The average Bonchev–Trinajstić information content (AvgIpc) is 2.64. The summed E-state index contributed by atoms with van der Waals surface area (Å²) in [4.78, 5) is 5.55. The third-order valence-electron chi connectivity index (χ3n) is 2.51. The molecule has 2 N–H and O–H groups in total. The molecule has 1 unspecified atom stereocenters. The molecule has 0 spiro atoms. The summed E-state index contributed by atoms with van der Waals surface area (Å²) < 4.78 is 0. The van der Waals surface area contributed by atoms with Gasteiger partial charge in [0.1, 0.15) is 0 Å². The zero-order valence-electron chi connectivity index (χ0n) is 9.38. The van der Waals surface area contributed by atoms with E-state index in [9.17, 15) is 0 Å². The maximum atomic E-state index is 3.28. The minimum Gasteiger partial charge on any atom is -0.364 e. The van der Waals surface area contributed by atoms with Crippen LogP contribution in [0.2, 0.25) is 0 Å². The maximum Gasteiger partial charge on any atom is 0.0493 e. The van der Waals surface area contributed by atoms with Crippen LogP contribution in [0, 0.1) is 0 Å². The van der Waals surface area contributed by atoms with Crippen molar-refractivity contribution in [2.75, 3.05) is 27.7 Å². The van der Waals surface area contributed by atoms with E-state index in [2.05, 4.69) is 41.4 Å². The van der Waals surface area contributed by atoms with Crippen molar-refractivity contribution in [1.29, 1.82) is 0 Å². The largest absolute Gasteiger partial charge is 0.364 e. The monoisotopic (exact) mass is 195 g/mol. The Morgan fingerprint density at radius 3 is 2.79 bits per heavy atom. The Hall–Kier alpha value is -0.800. The van der Waals surface area contributed by atoms with Crippen LogP contribution in [0.15, 0.2) is 18.3 Å². The first-order chi connectivity index (χ1) is 6.75. The van der Waals surface area contributed by atoms with E-state index >= 15 is 0 Å². The van der Waals surface area contributed by atoms with Crippen molar-refractivity contribution in [2.45, 2.75) is 18.9 Å². The minimum atomic E-state index is 0.512. The Morgan fingerprint density at radius 2 is 2.29 bits per heavy atom. The third-order valence-corrected chi connectivity index (χ3v) is 2.51. The number of H-pyrrole nitrogens is 1. The van der Waals surface area contributed by atoms with Crippen molar-refractivity contribution in [3.05, 3.63) is 24.0 Å². The second-order valence-electron chi connectivity index (χ2n) is 3.85. The molecule has 80 valence electrons. The van der Waals surface area contributed by atoms with Crippen molar-refractivity contribution in [3.8, 4) is 0 Å². The van der Waals surface area contributed by atoms with Crippen molar-refractivity contribution >= 4 is 0 Å². The average molecular weight is 195 g/mol. The van der Waals surface area contributed by atoms with Gasteiger partial charge in [0.05, 0.1) is 0 Å². The molecule has 0 bridgehead atoms. The Kier molecular flexibility index (Phi) is 4.70. The van der Waals surface area contributed by atoms with Crippen molar-refractivity contribution < 1.29 is 0 Å². The standard InChI is InChI=1S/C11H21N3/c1-12-8-5-7-11(14(2)3)10-6-4-9-13-10/h4,6,9,11-13H,5,7-8H2,1-3H3. The van der Waals surface area contributed by atoms with Crippen molar-refractivity contribution in [2.24, 2.45) is 0 Å². The molecule has 0 radical (unpaired) electrons. The molecule has 14 heavy (non-hydrogen) atoms. The van der Waals surface area contributed by atoms with Crippen LogP contribution in [0.1, 0.15) is 24.6 Å². The predicted octanol–water partition coefficient (Wildman–Crippen LogP) is 1.62. The van der Waals surface area contributed by atoms with Crippen LogP contribution >= 0.6 is 0 Å². The predicted molar refractivity (Wildman–Crippen MR) is 60.4 cm³/mol. The fourth-order valence-corrected chi connectivity index (χ4v) is 1.72. The maximum absolute atomic E-state index is 3.28. The van der Waals surface area contributed by atoms with Gasteiger partial charge in [0.2, 0.25) is 0 Å². The van der Waals surface area contributed by atoms with Gasteiger partial charge in [0.15, 0.2) is 0 Å². The van der Waals surface area contributed by atoms with Crippen molar-refractivity contribution in [3.63, 3.8) is 0 Å². The first-order valence-electron chi connectivity index (χ1n) is 5.20. The number of aromatic nitrogens is 1. The van der Waals surface area contributed by atoms with Crippen LogP contribution in [-0.4, -0.2) is 37.6 Å². The SMILES string of the molecule is CNCCCC(c1ccc[nH]1)N(C)C. The summed E-state index contributed by atoms with van der Waals surface area (Å²) in [7, 11) is 6.26. The zero-order valence-corrected chi connectivity index (χ0v) is 9.38. The summed E-state index contributed by atoms with van der Waals surface area (Å²) in [6.07, 6.45) is 4.39.